The summed E-state index contributed by atoms with van der Waals surface area (Å²) in [6.45, 7) is 15.5. The molecule has 0 fully saturated rings. The Morgan fingerprint density at radius 1 is 0.833 bits per heavy atom. The second-order valence-electron chi connectivity index (χ2n) is 12.5. The molecule has 0 atom stereocenters. The fourth-order valence-corrected chi connectivity index (χ4v) is 4.48. The van der Waals surface area contributed by atoms with Crippen LogP contribution in [0.4, 0.5) is 0 Å². The molecule has 0 bridgehead atoms. The molecule has 0 saturated heterocycles. The van der Waals surface area contributed by atoms with Crippen LogP contribution in [-0.4, -0.2) is 25.7 Å². The summed E-state index contributed by atoms with van der Waals surface area (Å²) < 4.78 is 0. The van der Waals surface area contributed by atoms with Crippen molar-refractivity contribution >= 4 is 27.3 Å². The topological polar surface area (TPSA) is 67.4 Å². The molecule has 5 aromatic rings. The third-order valence-electron chi connectivity index (χ3n) is 7.07. The number of nitrogens with zero attached hydrogens (tertiary/aromatic N) is 2. The van der Waals surface area contributed by atoms with Crippen LogP contribution >= 0.6 is 0 Å². The molecule has 42 heavy (non-hydrogen) atoms. The summed E-state index contributed by atoms with van der Waals surface area (Å²) in [6, 6.07) is 28.7. The first-order chi connectivity index (χ1) is 19.3. The fraction of sp³-hybridized carbons (Fsp3) is 0.270. The molecule has 0 unspecified atom stereocenters. The molecule has 0 spiro atoms. The molecule has 0 amide bonds. The Kier molecular flexibility index (Phi) is 10.2. The second-order valence-corrected chi connectivity index (χ2v) is 12.5. The Hall–Kier alpha value is -3.66. The molecule has 0 aliphatic rings. The molecule has 5 rings (SSSR count). The number of carbonyl (C=O) groups excluding carboxylic acids is 1. The van der Waals surface area contributed by atoms with Gasteiger partial charge in [0, 0.05) is 43.1 Å². The van der Waals surface area contributed by atoms with E-state index in [1.807, 2.05) is 60.7 Å². The first-order valence-corrected chi connectivity index (χ1v) is 14.0. The minimum Gasteiger partial charge on any atom is -0.511 e. The van der Waals surface area contributed by atoms with E-state index in [-0.39, 0.29) is 42.5 Å². The van der Waals surface area contributed by atoms with Crippen molar-refractivity contribution in [2.24, 2.45) is 10.8 Å². The second kappa shape index (κ2) is 13.1. The maximum absolute atomic E-state index is 9.60. The van der Waals surface area contributed by atoms with E-state index in [1.54, 1.807) is 0 Å². The average Bonchev–Trinajstić information content (AvgIpc) is 2.92. The molecule has 3 aromatic carbocycles. The van der Waals surface area contributed by atoms with Crippen molar-refractivity contribution in [2.45, 2.75) is 55.4 Å². The number of aryl methyl sites for hydroxylation is 2. The SMILES string of the molecule is CC(C)(C)C(=[OH+])/C=C(\O)C(C)(C)C.Cc1ccc(-c2cc[c-]c(-c3nccc4c3ccc3ccccc34)c2)c(C)n1.[Ir]. The summed E-state index contributed by atoms with van der Waals surface area (Å²) in [4.78, 5) is 18.9. The number of pyridine rings is 2. The molecule has 2 N–H and O–H groups in total. The molecule has 2 aromatic heterocycles. The van der Waals surface area contributed by atoms with Crippen molar-refractivity contribution in [1.82, 2.24) is 9.97 Å². The normalized spacial score (nSPS) is 12.0. The number of rotatable bonds is 3. The molecular weight excluding hydrogens is 697 g/mol. The number of aromatic nitrogens is 2. The fourth-order valence-electron chi connectivity index (χ4n) is 4.48. The van der Waals surface area contributed by atoms with Crippen molar-refractivity contribution in [3.63, 3.8) is 0 Å². The van der Waals surface area contributed by atoms with Crippen LogP contribution in [-0.2, 0) is 20.1 Å². The number of hydrogen-bond donors (Lipinski definition) is 1. The van der Waals surface area contributed by atoms with Crippen molar-refractivity contribution in [3.8, 4) is 22.4 Å². The maximum Gasteiger partial charge on any atom is 0.325 e. The van der Waals surface area contributed by atoms with Gasteiger partial charge in [0.15, 0.2) is 0 Å². The predicted octanol–water partition coefficient (Wildman–Crippen LogP) is 9.60. The maximum atomic E-state index is 9.60. The van der Waals surface area contributed by atoms with Gasteiger partial charge in [-0.2, -0.15) is 0 Å². The Bertz CT molecular complexity index is 1760. The van der Waals surface area contributed by atoms with Crippen LogP contribution in [0.25, 0.3) is 43.9 Å². The van der Waals surface area contributed by atoms with Crippen LogP contribution in [0.5, 0.6) is 0 Å². The smallest absolute Gasteiger partial charge is 0.325 e. The van der Waals surface area contributed by atoms with E-state index < -0.39 is 0 Å². The predicted molar refractivity (Wildman–Crippen MR) is 173 cm³/mol. The van der Waals surface area contributed by atoms with E-state index in [1.165, 1.54) is 22.2 Å². The van der Waals surface area contributed by atoms with E-state index in [0.29, 0.717) is 0 Å². The van der Waals surface area contributed by atoms with Crippen LogP contribution in [0.2, 0.25) is 0 Å². The van der Waals surface area contributed by atoms with E-state index in [2.05, 4.69) is 84.7 Å². The Labute approximate surface area is 263 Å². The quantitative estimate of drug-likeness (QED) is 0.0660. The summed E-state index contributed by atoms with van der Waals surface area (Å²) in [5.74, 6) is 0.417. The van der Waals surface area contributed by atoms with Gasteiger partial charge in [-0.25, -0.2) is 0 Å². The number of aliphatic hydroxyl groups is 1. The molecule has 4 nitrogen and oxygen atoms in total. The summed E-state index contributed by atoms with van der Waals surface area (Å²) in [5.41, 5.74) is 5.70. The van der Waals surface area contributed by atoms with Gasteiger partial charge in [-0.05, 0) is 79.6 Å². The first-order valence-electron chi connectivity index (χ1n) is 14.0. The number of benzene rings is 3. The van der Waals surface area contributed by atoms with Crippen LogP contribution < -0.4 is 0 Å². The van der Waals surface area contributed by atoms with E-state index >= 15 is 0 Å². The van der Waals surface area contributed by atoms with E-state index in [4.69, 9.17) is 4.98 Å². The van der Waals surface area contributed by atoms with Crippen molar-refractivity contribution in [3.05, 3.63) is 108 Å². The van der Waals surface area contributed by atoms with E-state index in [9.17, 15) is 9.90 Å². The van der Waals surface area contributed by atoms with Gasteiger partial charge in [0.1, 0.15) is 5.76 Å². The van der Waals surface area contributed by atoms with Crippen LogP contribution in [0.15, 0.2) is 90.8 Å². The zero-order valence-corrected chi connectivity index (χ0v) is 28.1. The van der Waals surface area contributed by atoms with Gasteiger partial charge < -0.3 is 10.1 Å². The first kappa shape index (κ1) is 32.8. The third kappa shape index (κ3) is 7.59. The Morgan fingerprint density at radius 3 is 2.21 bits per heavy atom. The summed E-state index contributed by atoms with van der Waals surface area (Å²) >= 11 is 0. The average molecular weight is 737 g/mol. The van der Waals surface area contributed by atoms with Crippen molar-refractivity contribution in [1.29, 1.82) is 0 Å². The molecule has 1 radical (unpaired) electrons. The molecule has 5 heteroatoms. The van der Waals surface area contributed by atoms with Gasteiger partial charge in [0.2, 0.25) is 0 Å². The Morgan fingerprint density at radius 2 is 1.55 bits per heavy atom. The number of ketones is 1. The zero-order valence-electron chi connectivity index (χ0n) is 25.7. The van der Waals surface area contributed by atoms with Gasteiger partial charge in [-0.15, -0.1) is 29.8 Å². The standard InChI is InChI=1S/C26H19N2.C11H20O2.Ir/c1-17-10-12-22(18(2)28-17)20-7-5-8-21(16-20)26-25-13-11-19-6-3-4-9-23(19)24(25)14-15-27-26;1-10(2,3)8(12)7-9(13)11(4,5)6;/h3-7,9-16H,1-2H3;7,12H,1-6H3;/q-1;;/p+1/b;8-7-;. The molecular formula is C37H40IrN2O2. The van der Waals surface area contributed by atoms with Crippen LogP contribution in [0.1, 0.15) is 52.9 Å². The summed E-state index contributed by atoms with van der Waals surface area (Å²) in [6.07, 6.45) is 3.34. The molecule has 0 saturated carbocycles. The minimum atomic E-state index is -0.306. The van der Waals surface area contributed by atoms with Gasteiger partial charge in [0.05, 0.1) is 11.5 Å². The molecule has 2 heterocycles. The van der Waals surface area contributed by atoms with E-state index in [0.717, 1.165) is 39.2 Å². The zero-order chi connectivity index (χ0) is 29.9. The largest absolute Gasteiger partial charge is 0.511 e. The molecule has 219 valence electrons. The summed E-state index contributed by atoms with van der Waals surface area (Å²) in [5, 5.41) is 14.5. The monoisotopic (exact) mass is 737 g/mol. The van der Waals surface area contributed by atoms with Crippen molar-refractivity contribution < 1.29 is 30.0 Å². The number of hydrogen-bond acceptors (Lipinski definition) is 3. The number of aliphatic hydroxyl groups excluding tert-OH is 1. The van der Waals surface area contributed by atoms with Crippen LogP contribution in [0.3, 0.4) is 0 Å². The minimum absolute atomic E-state index is 0. The van der Waals surface area contributed by atoms with Gasteiger partial charge in [-0.1, -0.05) is 68.8 Å². The number of fused-ring (bicyclic) bond motifs is 3. The Balaban J connectivity index is 0.000000297. The summed E-state index contributed by atoms with van der Waals surface area (Å²) in [7, 11) is 0. The van der Waals surface area contributed by atoms with Gasteiger partial charge >= 0.3 is 5.78 Å². The third-order valence-corrected chi connectivity index (χ3v) is 7.07. The number of allylic oxidation sites excluding steroid dienone is 2. The van der Waals surface area contributed by atoms with Gasteiger partial charge in [0.25, 0.3) is 0 Å². The molecule has 0 aliphatic heterocycles. The molecule has 0 aliphatic carbocycles. The van der Waals surface area contributed by atoms with Crippen LogP contribution in [0, 0.1) is 30.7 Å². The van der Waals surface area contributed by atoms with Crippen molar-refractivity contribution in [2.75, 3.05) is 0 Å². The van der Waals surface area contributed by atoms with Gasteiger partial charge in [-0.3, -0.25) is 9.78 Å².